The molecule has 1 amide bonds. The third-order valence-corrected chi connectivity index (χ3v) is 5.47. The second-order valence-electron chi connectivity index (χ2n) is 5.69. The molecular formula is C17H24BrNO. The second kappa shape index (κ2) is 7.26. The van der Waals surface area contributed by atoms with Crippen molar-refractivity contribution in [2.45, 2.75) is 55.8 Å². The molecule has 1 fully saturated rings. The fraction of sp³-hybridized carbons (Fsp3) is 0.588. The predicted octanol–water partition coefficient (Wildman–Crippen LogP) is 4.34. The van der Waals surface area contributed by atoms with E-state index in [-0.39, 0.29) is 11.8 Å². The largest absolute Gasteiger partial charge is 0.341 e. The standard InChI is InChI=1S/C17H24BrNO/c1-3-14(13-9-5-4-6-10-13)17(20)19(2)16-12-8-7-11-15(16)18/h4-6,9-10,14-16H,3,7-8,11-12H2,1-2H3. The molecule has 1 aliphatic rings. The summed E-state index contributed by atoms with van der Waals surface area (Å²) in [6.07, 6.45) is 5.64. The zero-order valence-corrected chi connectivity index (χ0v) is 14.0. The zero-order valence-electron chi connectivity index (χ0n) is 12.4. The van der Waals surface area contributed by atoms with E-state index in [0.717, 1.165) is 18.4 Å². The van der Waals surface area contributed by atoms with Crippen LogP contribution in [0.25, 0.3) is 0 Å². The Morgan fingerprint density at radius 3 is 2.55 bits per heavy atom. The molecule has 20 heavy (non-hydrogen) atoms. The van der Waals surface area contributed by atoms with Gasteiger partial charge in [0.05, 0.1) is 5.92 Å². The Kier molecular flexibility index (Phi) is 5.64. The molecule has 2 rings (SSSR count). The number of nitrogens with zero attached hydrogens (tertiary/aromatic N) is 1. The second-order valence-corrected chi connectivity index (χ2v) is 6.86. The van der Waals surface area contributed by atoms with E-state index >= 15 is 0 Å². The number of hydrogen-bond acceptors (Lipinski definition) is 1. The minimum atomic E-state index is -0.0113. The van der Waals surface area contributed by atoms with Crippen LogP contribution in [-0.4, -0.2) is 28.7 Å². The van der Waals surface area contributed by atoms with E-state index < -0.39 is 0 Å². The van der Waals surface area contributed by atoms with Crippen LogP contribution in [0.1, 0.15) is 50.5 Å². The number of halogens is 1. The van der Waals surface area contributed by atoms with Gasteiger partial charge in [0.25, 0.3) is 0 Å². The summed E-state index contributed by atoms with van der Waals surface area (Å²) < 4.78 is 0. The van der Waals surface area contributed by atoms with Crippen molar-refractivity contribution >= 4 is 21.8 Å². The van der Waals surface area contributed by atoms with Crippen molar-refractivity contribution in [2.24, 2.45) is 0 Å². The monoisotopic (exact) mass is 337 g/mol. The Balaban J connectivity index is 2.12. The smallest absolute Gasteiger partial charge is 0.230 e. The van der Waals surface area contributed by atoms with Crippen molar-refractivity contribution < 1.29 is 4.79 Å². The van der Waals surface area contributed by atoms with Gasteiger partial charge in [0, 0.05) is 17.9 Å². The summed E-state index contributed by atoms with van der Waals surface area (Å²) in [5.41, 5.74) is 1.13. The highest BCUT2D eigenvalue weighted by molar-refractivity contribution is 9.09. The molecule has 1 aromatic carbocycles. The topological polar surface area (TPSA) is 20.3 Å². The van der Waals surface area contributed by atoms with Gasteiger partial charge >= 0.3 is 0 Å². The first-order valence-corrected chi connectivity index (χ1v) is 8.52. The lowest BCUT2D eigenvalue weighted by atomic mass is 9.91. The molecule has 0 heterocycles. The summed E-state index contributed by atoms with van der Waals surface area (Å²) in [6.45, 7) is 2.09. The first-order chi connectivity index (χ1) is 9.65. The summed E-state index contributed by atoms with van der Waals surface area (Å²) in [4.78, 5) is 15.3. The quantitative estimate of drug-likeness (QED) is 0.748. The number of rotatable bonds is 4. The highest BCUT2D eigenvalue weighted by atomic mass is 79.9. The van der Waals surface area contributed by atoms with Gasteiger partial charge in [0.1, 0.15) is 0 Å². The number of amides is 1. The first kappa shape index (κ1) is 15.6. The van der Waals surface area contributed by atoms with Crippen molar-refractivity contribution in [2.75, 3.05) is 7.05 Å². The summed E-state index contributed by atoms with van der Waals surface area (Å²) in [5.74, 6) is 0.248. The molecule has 0 radical (unpaired) electrons. The molecule has 3 heteroatoms. The molecule has 1 aliphatic carbocycles. The molecule has 1 saturated carbocycles. The Bertz CT molecular complexity index is 434. The Labute approximate surface area is 130 Å². The van der Waals surface area contributed by atoms with Crippen LogP contribution in [0.15, 0.2) is 30.3 Å². The molecule has 3 unspecified atom stereocenters. The van der Waals surface area contributed by atoms with Crippen LogP contribution >= 0.6 is 15.9 Å². The molecule has 0 spiro atoms. The number of likely N-dealkylation sites (N-methyl/N-ethyl adjacent to an activating group) is 1. The molecule has 2 nitrogen and oxygen atoms in total. The number of carbonyl (C=O) groups is 1. The summed E-state index contributed by atoms with van der Waals surface area (Å²) in [6, 6.07) is 10.5. The van der Waals surface area contributed by atoms with Gasteiger partial charge in [-0.05, 0) is 24.8 Å². The molecule has 110 valence electrons. The molecule has 0 N–H and O–H groups in total. The highest BCUT2D eigenvalue weighted by Crippen LogP contribution is 2.30. The Morgan fingerprint density at radius 2 is 1.95 bits per heavy atom. The number of alkyl halides is 1. The number of carbonyl (C=O) groups excluding carboxylic acids is 1. The lowest BCUT2D eigenvalue weighted by molar-refractivity contribution is -0.134. The van der Waals surface area contributed by atoms with Crippen LogP contribution in [0, 0.1) is 0 Å². The van der Waals surface area contributed by atoms with Gasteiger partial charge in [-0.1, -0.05) is 66.0 Å². The minimum Gasteiger partial charge on any atom is -0.341 e. The molecule has 3 atom stereocenters. The van der Waals surface area contributed by atoms with E-state index in [0.29, 0.717) is 10.9 Å². The van der Waals surface area contributed by atoms with Crippen LogP contribution in [-0.2, 0) is 4.79 Å². The Hall–Kier alpha value is -0.830. The van der Waals surface area contributed by atoms with Crippen LogP contribution in [0.2, 0.25) is 0 Å². The van der Waals surface area contributed by atoms with E-state index in [1.807, 2.05) is 30.1 Å². The van der Waals surface area contributed by atoms with Gasteiger partial charge in [-0.15, -0.1) is 0 Å². The van der Waals surface area contributed by atoms with Crippen LogP contribution < -0.4 is 0 Å². The third-order valence-electron chi connectivity index (χ3n) is 4.40. The van der Waals surface area contributed by atoms with Crippen LogP contribution in [0.5, 0.6) is 0 Å². The molecule has 1 aromatic rings. The van der Waals surface area contributed by atoms with Gasteiger partial charge in [-0.25, -0.2) is 0 Å². The highest BCUT2D eigenvalue weighted by Gasteiger charge is 2.32. The fourth-order valence-corrected chi connectivity index (χ4v) is 4.09. The van der Waals surface area contributed by atoms with Gasteiger partial charge < -0.3 is 4.90 Å². The van der Waals surface area contributed by atoms with Crippen molar-refractivity contribution in [1.29, 1.82) is 0 Å². The third kappa shape index (κ3) is 3.43. The van der Waals surface area contributed by atoms with E-state index in [4.69, 9.17) is 0 Å². The summed E-state index contributed by atoms with van der Waals surface area (Å²) in [5, 5.41) is 0. The maximum atomic E-state index is 12.8. The molecular weight excluding hydrogens is 314 g/mol. The average molecular weight is 338 g/mol. The van der Waals surface area contributed by atoms with Crippen LogP contribution in [0.3, 0.4) is 0 Å². The van der Waals surface area contributed by atoms with Crippen molar-refractivity contribution in [3.63, 3.8) is 0 Å². The van der Waals surface area contributed by atoms with Gasteiger partial charge in [0.15, 0.2) is 0 Å². The lowest BCUT2D eigenvalue weighted by Crippen LogP contribution is -2.45. The summed E-state index contributed by atoms with van der Waals surface area (Å²) in [7, 11) is 1.97. The van der Waals surface area contributed by atoms with Crippen molar-refractivity contribution in [1.82, 2.24) is 4.90 Å². The van der Waals surface area contributed by atoms with Gasteiger partial charge in [-0.2, -0.15) is 0 Å². The SMILES string of the molecule is CCC(C(=O)N(C)C1CCCCC1Br)c1ccccc1. The molecule has 0 saturated heterocycles. The van der Waals surface area contributed by atoms with Crippen molar-refractivity contribution in [3.05, 3.63) is 35.9 Å². The average Bonchev–Trinajstić information content (AvgIpc) is 2.49. The number of hydrogen-bond donors (Lipinski definition) is 0. The normalized spacial score (nSPS) is 24.1. The van der Waals surface area contributed by atoms with E-state index in [1.54, 1.807) is 0 Å². The summed E-state index contributed by atoms with van der Waals surface area (Å²) >= 11 is 3.76. The molecule has 0 aromatic heterocycles. The minimum absolute atomic E-state index is 0.0113. The first-order valence-electron chi connectivity index (χ1n) is 7.60. The zero-order chi connectivity index (χ0) is 14.5. The fourth-order valence-electron chi connectivity index (χ4n) is 3.15. The molecule has 0 aliphatic heterocycles. The maximum Gasteiger partial charge on any atom is 0.230 e. The lowest BCUT2D eigenvalue weighted by Gasteiger charge is -2.37. The van der Waals surface area contributed by atoms with E-state index in [9.17, 15) is 4.79 Å². The predicted molar refractivity (Wildman–Crippen MR) is 87.2 cm³/mol. The molecule has 0 bridgehead atoms. The van der Waals surface area contributed by atoms with Gasteiger partial charge in [0.2, 0.25) is 5.91 Å². The van der Waals surface area contributed by atoms with E-state index in [1.165, 1.54) is 19.3 Å². The van der Waals surface area contributed by atoms with Crippen LogP contribution in [0.4, 0.5) is 0 Å². The van der Waals surface area contributed by atoms with Gasteiger partial charge in [-0.3, -0.25) is 4.79 Å². The number of benzene rings is 1. The maximum absolute atomic E-state index is 12.8. The van der Waals surface area contributed by atoms with E-state index in [2.05, 4.69) is 35.0 Å². The van der Waals surface area contributed by atoms with Crippen molar-refractivity contribution in [3.8, 4) is 0 Å². The Morgan fingerprint density at radius 1 is 1.30 bits per heavy atom.